The van der Waals surface area contributed by atoms with Crippen molar-refractivity contribution in [2.75, 3.05) is 6.26 Å². The van der Waals surface area contributed by atoms with Gasteiger partial charge in [0.05, 0.1) is 0 Å². The van der Waals surface area contributed by atoms with Crippen LogP contribution in [0.5, 0.6) is 11.5 Å². The Kier molecular flexibility index (Phi) is 4.12. The second kappa shape index (κ2) is 5.80. The molecule has 0 unspecified atom stereocenters. The number of thioether (sulfide) groups is 1. The van der Waals surface area contributed by atoms with Crippen LogP contribution in [-0.4, -0.2) is 17.3 Å². The zero-order chi connectivity index (χ0) is 13.8. The summed E-state index contributed by atoms with van der Waals surface area (Å²) in [6.07, 6.45) is 2.00. The third kappa shape index (κ3) is 3.09. The van der Waals surface area contributed by atoms with Crippen LogP contribution < -0.4 is 4.74 Å². The van der Waals surface area contributed by atoms with Crippen molar-refractivity contribution in [3.8, 4) is 11.5 Å². The SMILES string of the molecule is CSc1ccc(Oc2c(C)cccc2C(=O)O)cc1. The van der Waals surface area contributed by atoms with E-state index in [4.69, 9.17) is 9.84 Å². The molecule has 2 aromatic rings. The molecule has 3 nitrogen and oxygen atoms in total. The maximum Gasteiger partial charge on any atom is 0.339 e. The third-order valence-electron chi connectivity index (χ3n) is 2.72. The number of carboxylic acid groups (broad SMARTS) is 1. The van der Waals surface area contributed by atoms with Gasteiger partial charge in [0.25, 0.3) is 0 Å². The Balaban J connectivity index is 2.34. The Labute approximate surface area is 116 Å². The molecule has 0 heterocycles. The Bertz CT molecular complexity index is 591. The number of ether oxygens (including phenoxy) is 1. The lowest BCUT2D eigenvalue weighted by molar-refractivity contribution is 0.0694. The molecular weight excluding hydrogens is 260 g/mol. The number of para-hydroxylation sites is 1. The molecule has 0 atom stereocenters. The minimum absolute atomic E-state index is 0.175. The van der Waals surface area contributed by atoms with Gasteiger partial charge >= 0.3 is 5.97 Å². The molecule has 0 aliphatic carbocycles. The molecule has 0 spiro atoms. The van der Waals surface area contributed by atoms with Crippen molar-refractivity contribution < 1.29 is 14.6 Å². The summed E-state index contributed by atoms with van der Waals surface area (Å²) in [7, 11) is 0. The van der Waals surface area contributed by atoms with Crippen molar-refractivity contribution in [3.63, 3.8) is 0 Å². The van der Waals surface area contributed by atoms with E-state index in [1.54, 1.807) is 23.9 Å². The van der Waals surface area contributed by atoms with Gasteiger partial charge in [-0.05, 0) is 49.1 Å². The second-order valence-corrected chi connectivity index (χ2v) is 4.91. The van der Waals surface area contributed by atoms with Gasteiger partial charge in [-0.3, -0.25) is 0 Å². The highest BCUT2D eigenvalue weighted by Gasteiger charge is 2.14. The van der Waals surface area contributed by atoms with Crippen LogP contribution in [0.3, 0.4) is 0 Å². The zero-order valence-corrected chi connectivity index (χ0v) is 11.5. The summed E-state index contributed by atoms with van der Waals surface area (Å²) in [6, 6.07) is 12.6. The summed E-state index contributed by atoms with van der Waals surface area (Å²) in [5.41, 5.74) is 0.975. The first-order valence-corrected chi connectivity index (χ1v) is 6.99. The average Bonchev–Trinajstić information content (AvgIpc) is 2.41. The fraction of sp³-hybridized carbons (Fsp3) is 0.133. The topological polar surface area (TPSA) is 46.5 Å². The van der Waals surface area contributed by atoms with E-state index < -0.39 is 5.97 Å². The minimum Gasteiger partial charge on any atom is -0.478 e. The number of carbonyl (C=O) groups is 1. The molecular formula is C15H14O3S. The molecule has 1 N–H and O–H groups in total. The maximum atomic E-state index is 11.2. The van der Waals surface area contributed by atoms with Gasteiger partial charge in [0, 0.05) is 4.90 Å². The summed E-state index contributed by atoms with van der Waals surface area (Å²) >= 11 is 1.65. The highest BCUT2D eigenvalue weighted by molar-refractivity contribution is 7.98. The molecule has 98 valence electrons. The lowest BCUT2D eigenvalue weighted by atomic mass is 10.1. The van der Waals surface area contributed by atoms with E-state index in [1.165, 1.54) is 0 Å². The standard InChI is InChI=1S/C15H14O3S/c1-10-4-3-5-13(15(16)17)14(10)18-11-6-8-12(19-2)9-7-11/h3-9H,1-2H3,(H,16,17). The van der Waals surface area contributed by atoms with Gasteiger partial charge in [0.2, 0.25) is 0 Å². The quantitative estimate of drug-likeness (QED) is 0.848. The van der Waals surface area contributed by atoms with Crippen molar-refractivity contribution in [2.24, 2.45) is 0 Å². The van der Waals surface area contributed by atoms with Crippen molar-refractivity contribution in [2.45, 2.75) is 11.8 Å². The smallest absolute Gasteiger partial charge is 0.339 e. The average molecular weight is 274 g/mol. The normalized spacial score (nSPS) is 10.2. The number of hydrogen-bond acceptors (Lipinski definition) is 3. The van der Waals surface area contributed by atoms with Crippen LogP contribution in [0.15, 0.2) is 47.4 Å². The van der Waals surface area contributed by atoms with E-state index in [1.807, 2.05) is 43.5 Å². The Morgan fingerprint density at radius 3 is 2.42 bits per heavy atom. The molecule has 4 heteroatoms. The monoisotopic (exact) mass is 274 g/mol. The van der Waals surface area contributed by atoms with Crippen molar-refractivity contribution in [1.29, 1.82) is 0 Å². The van der Waals surface area contributed by atoms with Gasteiger partial charge in [-0.25, -0.2) is 4.79 Å². The third-order valence-corrected chi connectivity index (χ3v) is 3.47. The van der Waals surface area contributed by atoms with Crippen molar-refractivity contribution in [1.82, 2.24) is 0 Å². The van der Waals surface area contributed by atoms with Crippen LogP contribution in [0.4, 0.5) is 0 Å². The van der Waals surface area contributed by atoms with E-state index in [9.17, 15) is 4.79 Å². The van der Waals surface area contributed by atoms with E-state index in [2.05, 4.69) is 0 Å². The highest BCUT2D eigenvalue weighted by Crippen LogP contribution is 2.30. The zero-order valence-electron chi connectivity index (χ0n) is 10.7. The van der Waals surface area contributed by atoms with Crippen molar-refractivity contribution >= 4 is 17.7 Å². The summed E-state index contributed by atoms with van der Waals surface area (Å²) in [5, 5.41) is 9.17. The fourth-order valence-electron chi connectivity index (χ4n) is 1.72. The predicted octanol–water partition coefficient (Wildman–Crippen LogP) is 4.21. The molecule has 19 heavy (non-hydrogen) atoms. The van der Waals surface area contributed by atoms with Crippen LogP contribution in [0, 0.1) is 6.92 Å². The van der Waals surface area contributed by atoms with Crippen LogP contribution >= 0.6 is 11.8 Å². The van der Waals surface area contributed by atoms with E-state index in [0.29, 0.717) is 11.5 Å². The summed E-state index contributed by atoms with van der Waals surface area (Å²) in [5.74, 6) is 0.0425. The van der Waals surface area contributed by atoms with E-state index >= 15 is 0 Å². The number of aromatic carboxylic acids is 1. The Morgan fingerprint density at radius 1 is 1.16 bits per heavy atom. The van der Waals surface area contributed by atoms with Crippen LogP contribution in [0.25, 0.3) is 0 Å². The van der Waals surface area contributed by atoms with Crippen LogP contribution in [0.2, 0.25) is 0 Å². The summed E-state index contributed by atoms with van der Waals surface area (Å²) in [6.45, 7) is 1.83. The Morgan fingerprint density at radius 2 is 1.84 bits per heavy atom. The van der Waals surface area contributed by atoms with Gasteiger partial charge < -0.3 is 9.84 Å². The molecule has 0 radical (unpaired) electrons. The summed E-state index contributed by atoms with van der Waals surface area (Å²) < 4.78 is 5.71. The molecule has 0 amide bonds. The molecule has 0 saturated heterocycles. The fourth-order valence-corrected chi connectivity index (χ4v) is 2.13. The molecule has 0 aromatic heterocycles. The van der Waals surface area contributed by atoms with Gasteiger partial charge in [-0.2, -0.15) is 0 Å². The largest absolute Gasteiger partial charge is 0.478 e. The number of carboxylic acids is 1. The second-order valence-electron chi connectivity index (χ2n) is 4.03. The van der Waals surface area contributed by atoms with E-state index in [0.717, 1.165) is 10.5 Å². The molecule has 0 aliphatic heterocycles. The molecule has 0 bridgehead atoms. The van der Waals surface area contributed by atoms with Crippen LogP contribution in [-0.2, 0) is 0 Å². The molecule has 0 aliphatic rings. The van der Waals surface area contributed by atoms with Crippen LogP contribution in [0.1, 0.15) is 15.9 Å². The van der Waals surface area contributed by atoms with E-state index in [-0.39, 0.29) is 5.56 Å². The highest BCUT2D eigenvalue weighted by atomic mass is 32.2. The number of benzene rings is 2. The first-order chi connectivity index (χ1) is 9.11. The van der Waals surface area contributed by atoms with Gasteiger partial charge in [-0.15, -0.1) is 11.8 Å². The van der Waals surface area contributed by atoms with Gasteiger partial charge in [0.15, 0.2) is 0 Å². The minimum atomic E-state index is -0.987. The van der Waals surface area contributed by atoms with Crippen molar-refractivity contribution in [3.05, 3.63) is 53.6 Å². The molecule has 2 aromatic carbocycles. The first-order valence-electron chi connectivity index (χ1n) is 5.76. The number of aryl methyl sites for hydroxylation is 1. The predicted molar refractivity (Wildman–Crippen MR) is 76.4 cm³/mol. The van der Waals surface area contributed by atoms with Gasteiger partial charge in [0.1, 0.15) is 17.1 Å². The number of hydrogen-bond donors (Lipinski definition) is 1. The Hall–Kier alpha value is -1.94. The lowest BCUT2D eigenvalue weighted by Gasteiger charge is -2.11. The first kappa shape index (κ1) is 13.5. The summed E-state index contributed by atoms with van der Waals surface area (Å²) in [4.78, 5) is 12.3. The lowest BCUT2D eigenvalue weighted by Crippen LogP contribution is -2.01. The van der Waals surface area contributed by atoms with Gasteiger partial charge in [-0.1, -0.05) is 12.1 Å². The molecule has 0 fully saturated rings. The maximum absolute atomic E-state index is 11.2. The number of rotatable bonds is 4. The molecule has 2 rings (SSSR count). The molecule has 0 saturated carbocycles.